The van der Waals surface area contributed by atoms with Crippen molar-refractivity contribution >= 4 is 11.6 Å². The van der Waals surface area contributed by atoms with E-state index in [1.807, 2.05) is 0 Å². The van der Waals surface area contributed by atoms with Gasteiger partial charge >= 0.3 is 0 Å². The summed E-state index contributed by atoms with van der Waals surface area (Å²) in [5, 5.41) is 9.58. The van der Waals surface area contributed by atoms with Crippen molar-refractivity contribution < 1.29 is 19.3 Å². The standard InChI is InChI=1S/C13H18ClNO4/c1-9(16)7-19-10-5-11(15-12(14)6-10)13(17-2)3-4-18-8-13/h5-6,9,16H,3-4,7-8H2,1-2H3/t9?,13-/m0/s1. The molecule has 2 rings (SSSR count). The molecule has 0 aromatic carbocycles. The van der Waals surface area contributed by atoms with Crippen molar-refractivity contribution in [1.29, 1.82) is 0 Å². The van der Waals surface area contributed by atoms with Gasteiger partial charge < -0.3 is 19.3 Å². The average Bonchev–Trinajstić information content (AvgIpc) is 2.86. The van der Waals surface area contributed by atoms with E-state index < -0.39 is 11.7 Å². The van der Waals surface area contributed by atoms with Crippen LogP contribution in [0.2, 0.25) is 5.15 Å². The van der Waals surface area contributed by atoms with Gasteiger partial charge in [-0.25, -0.2) is 4.98 Å². The molecular formula is C13H18ClNO4. The van der Waals surface area contributed by atoms with E-state index in [9.17, 15) is 5.11 Å². The summed E-state index contributed by atoms with van der Waals surface area (Å²) >= 11 is 6.01. The summed E-state index contributed by atoms with van der Waals surface area (Å²) < 4.78 is 16.4. The molecule has 1 aromatic rings. The molecule has 1 N–H and O–H groups in total. The molecule has 1 aliphatic rings. The number of ether oxygens (including phenoxy) is 3. The number of hydrogen-bond donors (Lipinski definition) is 1. The minimum atomic E-state index is -0.562. The molecule has 1 unspecified atom stereocenters. The van der Waals surface area contributed by atoms with E-state index >= 15 is 0 Å². The van der Waals surface area contributed by atoms with Crippen LogP contribution in [-0.4, -0.2) is 43.1 Å². The van der Waals surface area contributed by atoms with Crippen molar-refractivity contribution in [2.24, 2.45) is 0 Å². The first-order valence-electron chi connectivity index (χ1n) is 6.17. The second-order valence-electron chi connectivity index (χ2n) is 4.67. The molecule has 1 aromatic heterocycles. The second-order valence-corrected chi connectivity index (χ2v) is 5.06. The monoisotopic (exact) mass is 287 g/mol. The molecule has 106 valence electrons. The summed E-state index contributed by atoms with van der Waals surface area (Å²) in [6.07, 6.45) is 0.189. The normalized spacial score (nSPS) is 24.4. The van der Waals surface area contributed by atoms with Gasteiger partial charge in [-0.2, -0.15) is 0 Å². The third-order valence-electron chi connectivity index (χ3n) is 3.10. The first-order chi connectivity index (χ1) is 9.05. The van der Waals surface area contributed by atoms with E-state index in [1.54, 1.807) is 26.2 Å². The molecule has 0 aliphatic carbocycles. The second kappa shape index (κ2) is 6.05. The van der Waals surface area contributed by atoms with Crippen LogP contribution in [0.15, 0.2) is 12.1 Å². The van der Waals surface area contributed by atoms with Gasteiger partial charge in [0, 0.05) is 32.3 Å². The fourth-order valence-electron chi connectivity index (χ4n) is 2.02. The highest BCUT2D eigenvalue weighted by Gasteiger charge is 2.38. The Morgan fingerprint density at radius 3 is 2.95 bits per heavy atom. The van der Waals surface area contributed by atoms with Gasteiger partial charge in [-0.3, -0.25) is 0 Å². The molecule has 2 heterocycles. The first kappa shape index (κ1) is 14.5. The molecule has 5 nitrogen and oxygen atoms in total. The Morgan fingerprint density at radius 2 is 2.37 bits per heavy atom. The molecule has 0 spiro atoms. The highest BCUT2D eigenvalue weighted by atomic mass is 35.5. The van der Waals surface area contributed by atoms with Crippen molar-refractivity contribution in [3.05, 3.63) is 23.0 Å². The molecule has 0 amide bonds. The third-order valence-corrected chi connectivity index (χ3v) is 3.30. The van der Waals surface area contributed by atoms with Gasteiger partial charge in [-0.05, 0) is 6.92 Å². The number of halogens is 1. The summed E-state index contributed by atoms with van der Waals surface area (Å²) in [7, 11) is 1.63. The van der Waals surface area contributed by atoms with Crippen LogP contribution in [0.25, 0.3) is 0 Å². The number of hydrogen-bond acceptors (Lipinski definition) is 5. The molecule has 0 saturated carbocycles. The maximum Gasteiger partial charge on any atom is 0.135 e. The molecule has 0 bridgehead atoms. The Bertz CT molecular complexity index is 433. The van der Waals surface area contributed by atoms with Crippen LogP contribution in [0.1, 0.15) is 19.0 Å². The van der Waals surface area contributed by atoms with Gasteiger partial charge in [0.2, 0.25) is 0 Å². The summed E-state index contributed by atoms with van der Waals surface area (Å²) in [6, 6.07) is 3.40. The van der Waals surface area contributed by atoms with Gasteiger partial charge in [0.1, 0.15) is 23.1 Å². The largest absolute Gasteiger partial charge is 0.491 e. The number of nitrogens with zero attached hydrogens (tertiary/aromatic N) is 1. The SMILES string of the molecule is CO[C@@]1(c2cc(OCC(C)O)cc(Cl)n2)CCOC1. The molecule has 2 atom stereocenters. The Balaban J connectivity index is 2.25. The number of methoxy groups -OCH3 is 1. The topological polar surface area (TPSA) is 60.8 Å². The Kier molecular flexibility index (Phi) is 4.62. The predicted molar refractivity (Wildman–Crippen MR) is 70.5 cm³/mol. The lowest BCUT2D eigenvalue weighted by molar-refractivity contribution is -0.0248. The highest BCUT2D eigenvalue weighted by molar-refractivity contribution is 6.29. The summed E-state index contributed by atoms with van der Waals surface area (Å²) in [5.74, 6) is 0.569. The first-order valence-corrected chi connectivity index (χ1v) is 6.55. The van der Waals surface area contributed by atoms with Gasteiger partial charge in [0.05, 0.1) is 18.4 Å². The van der Waals surface area contributed by atoms with Crippen LogP contribution >= 0.6 is 11.6 Å². The fraction of sp³-hybridized carbons (Fsp3) is 0.615. The minimum Gasteiger partial charge on any atom is -0.491 e. The van der Waals surface area contributed by atoms with E-state index in [4.69, 9.17) is 25.8 Å². The van der Waals surface area contributed by atoms with Gasteiger partial charge in [0.15, 0.2) is 0 Å². The van der Waals surface area contributed by atoms with Crippen molar-refractivity contribution in [2.45, 2.75) is 25.0 Å². The maximum atomic E-state index is 9.24. The van der Waals surface area contributed by atoms with E-state index in [1.165, 1.54) is 0 Å². The molecule has 1 aliphatic heterocycles. The highest BCUT2D eigenvalue weighted by Crippen LogP contribution is 2.35. The molecule has 1 saturated heterocycles. The van der Waals surface area contributed by atoms with Crippen LogP contribution in [0.3, 0.4) is 0 Å². The number of aromatic nitrogens is 1. The Morgan fingerprint density at radius 1 is 1.58 bits per heavy atom. The van der Waals surface area contributed by atoms with Crippen LogP contribution in [-0.2, 0) is 15.1 Å². The predicted octanol–water partition coefficient (Wildman–Crippen LogP) is 1.76. The van der Waals surface area contributed by atoms with Crippen LogP contribution in [0.5, 0.6) is 5.75 Å². The summed E-state index contributed by atoms with van der Waals surface area (Å²) in [5.41, 5.74) is 0.133. The van der Waals surface area contributed by atoms with E-state index in [2.05, 4.69) is 4.98 Å². The van der Waals surface area contributed by atoms with Crippen molar-refractivity contribution in [3.63, 3.8) is 0 Å². The number of aliphatic hydroxyl groups excluding tert-OH is 1. The molecular weight excluding hydrogens is 270 g/mol. The quantitative estimate of drug-likeness (QED) is 0.836. The van der Waals surface area contributed by atoms with Gasteiger partial charge in [0.25, 0.3) is 0 Å². The average molecular weight is 288 g/mol. The van der Waals surface area contributed by atoms with Crippen molar-refractivity contribution in [3.8, 4) is 5.75 Å². The van der Waals surface area contributed by atoms with E-state index in [-0.39, 0.29) is 6.61 Å². The zero-order chi connectivity index (χ0) is 13.9. The minimum absolute atomic E-state index is 0.205. The van der Waals surface area contributed by atoms with Crippen molar-refractivity contribution in [2.75, 3.05) is 26.9 Å². The van der Waals surface area contributed by atoms with Gasteiger partial charge in [-0.1, -0.05) is 11.6 Å². The Hall–Kier alpha value is -0.880. The number of aliphatic hydroxyl groups is 1. The summed E-state index contributed by atoms with van der Waals surface area (Å²) in [4.78, 5) is 4.30. The smallest absolute Gasteiger partial charge is 0.135 e. The van der Waals surface area contributed by atoms with E-state index in [0.717, 1.165) is 6.42 Å². The number of rotatable bonds is 5. The molecule has 0 radical (unpaired) electrons. The number of pyridine rings is 1. The lowest BCUT2D eigenvalue weighted by Crippen LogP contribution is -2.30. The lowest BCUT2D eigenvalue weighted by atomic mass is 9.98. The van der Waals surface area contributed by atoms with Crippen LogP contribution < -0.4 is 4.74 Å². The van der Waals surface area contributed by atoms with Crippen molar-refractivity contribution in [1.82, 2.24) is 4.98 Å². The fourth-order valence-corrected chi connectivity index (χ4v) is 2.22. The maximum absolute atomic E-state index is 9.24. The summed E-state index contributed by atoms with van der Waals surface area (Å²) in [6.45, 7) is 2.94. The molecule has 6 heteroatoms. The third kappa shape index (κ3) is 3.36. The molecule has 1 fully saturated rings. The zero-order valence-electron chi connectivity index (χ0n) is 11.1. The van der Waals surface area contributed by atoms with Crippen LogP contribution in [0.4, 0.5) is 0 Å². The Labute approximate surface area is 117 Å². The van der Waals surface area contributed by atoms with E-state index in [0.29, 0.717) is 29.8 Å². The lowest BCUT2D eigenvalue weighted by Gasteiger charge is -2.25. The zero-order valence-corrected chi connectivity index (χ0v) is 11.8. The molecule has 19 heavy (non-hydrogen) atoms. The van der Waals surface area contributed by atoms with Gasteiger partial charge in [-0.15, -0.1) is 0 Å². The van der Waals surface area contributed by atoms with Crippen LogP contribution in [0, 0.1) is 0 Å².